The average molecular weight is 347 g/mol. The summed E-state index contributed by atoms with van der Waals surface area (Å²) in [6.45, 7) is 9.81. The van der Waals surface area contributed by atoms with Crippen molar-refractivity contribution in [3.8, 4) is 0 Å². The van der Waals surface area contributed by atoms with E-state index < -0.39 is 0 Å². The highest BCUT2D eigenvalue weighted by Crippen LogP contribution is 2.28. The van der Waals surface area contributed by atoms with Crippen molar-refractivity contribution in [3.63, 3.8) is 0 Å². The van der Waals surface area contributed by atoms with Crippen molar-refractivity contribution >= 4 is 11.6 Å². The van der Waals surface area contributed by atoms with Crippen LogP contribution in [0, 0.1) is 11.7 Å². The van der Waals surface area contributed by atoms with E-state index in [1.54, 1.807) is 13.1 Å². The fraction of sp³-hybridized carbons (Fsp3) is 0.632. The largest absolute Gasteiger partial charge is 0.367 e. The minimum Gasteiger partial charge on any atom is -0.367 e. The van der Waals surface area contributed by atoms with Crippen molar-refractivity contribution in [2.45, 2.75) is 32.9 Å². The number of guanidine groups is 1. The molecular weight excluding hydrogens is 317 g/mol. The number of nitrogens with one attached hydrogen (secondary N) is 2. The molecule has 1 saturated heterocycles. The number of aliphatic imine (C=N–C) groups is 1. The SMILES string of the molecule is CCN1CCN(c2ccc(CNC(=NC)NC3CC3C)cc2F)CC1. The summed E-state index contributed by atoms with van der Waals surface area (Å²) < 4.78 is 14.6. The van der Waals surface area contributed by atoms with E-state index in [0.717, 1.165) is 44.2 Å². The maximum atomic E-state index is 14.6. The summed E-state index contributed by atoms with van der Waals surface area (Å²) in [6, 6.07) is 6.08. The highest BCUT2D eigenvalue weighted by atomic mass is 19.1. The van der Waals surface area contributed by atoms with Crippen LogP contribution in [0.15, 0.2) is 23.2 Å². The van der Waals surface area contributed by atoms with Gasteiger partial charge in [0, 0.05) is 45.8 Å². The zero-order valence-electron chi connectivity index (χ0n) is 15.6. The van der Waals surface area contributed by atoms with Crippen molar-refractivity contribution in [1.29, 1.82) is 0 Å². The maximum absolute atomic E-state index is 14.6. The number of likely N-dealkylation sites (N-methyl/N-ethyl adjacent to an activating group) is 1. The van der Waals surface area contributed by atoms with E-state index in [4.69, 9.17) is 0 Å². The first-order valence-corrected chi connectivity index (χ1v) is 9.33. The van der Waals surface area contributed by atoms with E-state index in [0.29, 0.717) is 24.2 Å². The second-order valence-corrected chi connectivity index (χ2v) is 7.10. The van der Waals surface area contributed by atoms with Crippen molar-refractivity contribution < 1.29 is 4.39 Å². The van der Waals surface area contributed by atoms with Gasteiger partial charge in [-0.1, -0.05) is 19.9 Å². The molecule has 5 nitrogen and oxygen atoms in total. The van der Waals surface area contributed by atoms with Crippen LogP contribution < -0.4 is 15.5 Å². The number of halogens is 1. The van der Waals surface area contributed by atoms with E-state index in [9.17, 15) is 4.39 Å². The highest BCUT2D eigenvalue weighted by molar-refractivity contribution is 5.80. The molecule has 0 radical (unpaired) electrons. The van der Waals surface area contributed by atoms with E-state index in [-0.39, 0.29) is 5.82 Å². The van der Waals surface area contributed by atoms with Crippen LogP contribution in [0.1, 0.15) is 25.8 Å². The van der Waals surface area contributed by atoms with Gasteiger partial charge in [0.15, 0.2) is 5.96 Å². The molecule has 2 N–H and O–H groups in total. The number of rotatable bonds is 5. The van der Waals surface area contributed by atoms with Gasteiger partial charge in [-0.3, -0.25) is 4.99 Å². The Morgan fingerprint density at radius 1 is 1.28 bits per heavy atom. The standard InChI is InChI=1S/C19H30FN5/c1-4-24-7-9-25(10-8-24)18-6-5-15(12-16(18)20)13-22-19(21-3)23-17-11-14(17)2/h5-6,12,14,17H,4,7-11,13H2,1-3H3,(H2,21,22,23). The van der Waals surface area contributed by atoms with Crippen molar-refractivity contribution in [2.24, 2.45) is 10.9 Å². The summed E-state index contributed by atoms with van der Waals surface area (Å²) in [5.74, 6) is 1.36. The Hall–Kier alpha value is -1.82. The third kappa shape index (κ3) is 4.63. The Balaban J connectivity index is 1.54. The Bertz CT molecular complexity index is 610. The lowest BCUT2D eigenvalue weighted by atomic mass is 10.1. The smallest absolute Gasteiger partial charge is 0.191 e. The van der Waals surface area contributed by atoms with Crippen molar-refractivity contribution in [3.05, 3.63) is 29.6 Å². The molecule has 1 saturated carbocycles. The number of hydrogen-bond acceptors (Lipinski definition) is 3. The lowest BCUT2D eigenvalue weighted by molar-refractivity contribution is 0.270. The first-order valence-electron chi connectivity index (χ1n) is 9.33. The molecule has 1 aliphatic carbocycles. The van der Waals surface area contributed by atoms with Crippen LogP contribution in [0.3, 0.4) is 0 Å². The van der Waals surface area contributed by atoms with Gasteiger partial charge in [0.2, 0.25) is 0 Å². The highest BCUT2D eigenvalue weighted by Gasteiger charge is 2.33. The number of hydrogen-bond donors (Lipinski definition) is 2. The average Bonchev–Trinajstić information content (AvgIpc) is 3.33. The molecule has 0 aromatic heterocycles. The van der Waals surface area contributed by atoms with E-state index in [2.05, 4.69) is 39.3 Å². The van der Waals surface area contributed by atoms with Gasteiger partial charge in [0.25, 0.3) is 0 Å². The predicted octanol–water partition coefficient (Wildman–Crippen LogP) is 2.04. The molecule has 6 heteroatoms. The lowest BCUT2D eigenvalue weighted by Crippen LogP contribution is -2.46. The van der Waals surface area contributed by atoms with Crippen LogP contribution in [0.2, 0.25) is 0 Å². The molecule has 0 amide bonds. The monoisotopic (exact) mass is 347 g/mol. The molecule has 25 heavy (non-hydrogen) atoms. The molecule has 0 bridgehead atoms. The molecule has 3 rings (SSSR count). The Labute approximate surface area is 150 Å². The van der Waals surface area contributed by atoms with Gasteiger partial charge in [0.1, 0.15) is 5.82 Å². The zero-order valence-corrected chi connectivity index (χ0v) is 15.6. The van der Waals surface area contributed by atoms with Crippen LogP contribution in [0.5, 0.6) is 0 Å². The van der Waals surface area contributed by atoms with E-state index in [1.807, 2.05) is 12.1 Å². The second kappa shape index (κ2) is 8.04. The minimum absolute atomic E-state index is 0.136. The molecule has 0 spiro atoms. The summed E-state index contributed by atoms with van der Waals surface area (Å²) in [6.07, 6.45) is 1.19. The molecule has 1 aliphatic heterocycles. The van der Waals surface area contributed by atoms with Crippen LogP contribution in [0.4, 0.5) is 10.1 Å². The van der Waals surface area contributed by atoms with Crippen LogP contribution in [-0.4, -0.2) is 56.7 Å². The Morgan fingerprint density at radius 3 is 2.56 bits per heavy atom. The number of piperazine rings is 1. The molecule has 2 atom stereocenters. The predicted molar refractivity (Wildman–Crippen MR) is 102 cm³/mol. The molecule has 2 aliphatic rings. The summed E-state index contributed by atoms with van der Waals surface area (Å²) >= 11 is 0. The van der Waals surface area contributed by atoms with Crippen molar-refractivity contribution in [2.75, 3.05) is 44.7 Å². The van der Waals surface area contributed by atoms with Gasteiger partial charge >= 0.3 is 0 Å². The zero-order chi connectivity index (χ0) is 17.8. The van der Waals surface area contributed by atoms with Gasteiger partial charge in [0.05, 0.1) is 5.69 Å². The summed E-state index contributed by atoms with van der Waals surface area (Å²) in [7, 11) is 1.77. The van der Waals surface area contributed by atoms with Crippen LogP contribution >= 0.6 is 0 Å². The van der Waals surface area contributed by atoms with Gasteiger partial charge in [-0.15, -0.1) is 0 Å². The number of anilines is 1. The fourth-order valence-corrected chi connectivity index (χ4v) is 3.30. The molecule has 2 unspecified atom stereocenters. The second-order valence-electron chi connectivity index (χ2n) is 7.10. The third-order valence-electron chi connectivity index (χ3n) is 5.29. The van der Waals surface area contributed by atoms with Gasteiger partial charge < -0.3 is 20.4 Å². The molecule has 1 aromatic carbocycles. The topological polar surface area (TPSA) is 42.9 Å². The lowest BCUT2D eigenvalue weighted by Gasteiger charge is -2.35. The molecule has 1 heterocycles. The summed E-state index contributed by atoms with van der Waals surface area (Å²) in [5.41, 5.74) is 1.65. The maximum Gasteiger partial charge on any atom is 0.191 e. The van der Waals surface area contributed by atoms with E-state index >= 15 is 0 Å². The fourth-order valence-electron chi connectivity index (χ4n) is 3.30. The van der Waals surface area contributed by atoms with Gasteiger partial charge in [-0.25, -0.2) is 4.39 Å². The third-order valence-corrected chi connectivity index (χ3v) is 5.29. The van der Waals surface area contributed by atoms with Crippen LogP contribution in [-0.2, 0) is 6.54 Å². The molecule has 138 valence electrons. The van der Waals surface area contributed by atoms with Gasteiger partial charge in [-0.2, -0.15) is 0 Å². The Kier molecular flexibility index (Phi) is 5.78. The normalized spacial score (nSPS) is 24.3. The number of nitrogens with zero attached hydrogens (tertiary/aromatic N) is 3. The summed E-state index contributed by atoms with van der Waals surface area (Å²) in [5, 5.41) is 6.65. The number of benzene rings is 1. The summed E-state index contributed by atoms with van der Waals surface area (Å²) in [4.78, 5) is 8.78. The Morgan fingerprint density at radius 2 is 2.00 bits per heavy atom. The van der Waals surface area contributed by atoms with Crippen molar-refractivity contribution in [1.82, 2.24) is 15.5 Å². The first kappa shape index (κ1) is 18.0. The quantitative estimate of drug-likeness (QED) is 0.632. The molecule has 2 fully saturated rings. The van der Waals surface area contributed by atoms with E-state index in [1.165, 1.54) is 6.42 Å². The van der Waals surface area contributed by atoms with Crippen LogP contribution in [0.25, 0.3) is 0 Å². The van der Waals surface area contributed by atoms with Gasteiger partial charge in [-0.05, 0) is 36.6 Å². The minimum atomic E-state index is -0.136. The molecular formula is C19H30FN5. The molecule has 1 aromatic rings. The first-order chi connectivity index (χ1) is 12.1.